The highest BCUT2D eigenvalue weighted by molar-refractivity contribution is 5.88. The van der Waals surface area contributed by atoms with Gasteiger partial charge in [-0.3, -0.25) is 9.20 Å². The van der Waals surface area contributed by atoms with Crippen molar-refractivity contribution in [2.45, 2.75) is 19.3 Å². The summed E-state index contributed by atoms with van der Waals surface area (Å²) in [5, 5.41) is 9.17. The van der Waals surface area contributed by atoms with Crippen LogP contribution in [-0.4, -0.2) is 27.6 Å². The van der Waals surface area contributed by atoms with Gasteiger partial charge in [0.25, 0.3) is 5.56 Å². The minimum Gasteiger partial charge on any atom is -0.496 e. The molecule has 0 unspecified atom stereocenters. The van der Waals surface area contributed by atoms with E-state index in [1.54, 1.807) is 13.2 Å². The predicted octanol–water partition coefficient (Wildman–Crippen LogP) is 3.28. The molecule has 0 amide bonds. The molecule has 0 saturated carbocycles. The predicted molar refractivity (Wildman–Crippen MR) is 102 cm³/mol. The second kappa shape index (κ2) is 6.72. The first kappa shape index (κ1) is 17.0. The van der Waals surface area contributed by atoms with Gasteiger partial charge in [0.1, 0.15) is 11.4 Å². The maximum Gasteiger partial charge on any atom is 0.337 e. The number of allylic oxidation sites excluding steroid dienone is 1. The molecule has 1 aliphatic carbocycles. The molecule has 27 heavy (non-hydrogen) atoms. The molecular weight excluding hydrogens is 344 g/mol. The molecule has 0 fully saturated rings. The monoisotopic (exact) mass is 362 g/mol. The molecule has 2 heterocycles. The lowest BCUT2D eigenvalue weighted by atomic mass is 9.90. The van der Waals surface area contributed by atoms with Gasteiger partial charge in [0.05, 0.1) is 18.4 Å². The van der Waals surface area contributed by atoms with Gasteiger partial charge in [0, 0.05) is 17.3 Å². The summed E-state index contributed by atoms with van der Waals surface area (Å²) in [5.74, 6) is -0.306. The van der Waals surface area contributed by atoms with Gasteiger partial charge in [0.2, 0.25) is 0 Å². The maximum absolute atomic E-state index is 12.9. The van der Waals surface area contributed by atoms with Crippen molar-refractivity contribution in [1.29, 1.82) is 0 Å². The van der Waals surface area contributed by atoms with E-state index in [9.17, 15) is 14.7 Å². The number of pyridine rings is 1. The summed E-state index contributed by atoms with van der Waals surface area (Å²) < 4.78 is 6.75. The molecule has 0 aliphatic heterocycles. The molecular formula is C21H18N2O4. The van der Waals surface area contributed by atoms with Gasteiger partial charge >= 0.3 is 5.97 Å². The summed E-state index contributed by atoms with van der Waals surface area (Å²) in [6.45, 7) is 0. The second-order valence-corrected chi connectivity index (χ2v) is 6.46. The van der Waals surface area contributed by atoms with E-state index in [-0.39, 0.29) is 11.1 Å². The number of para-hydroxylation sites is 1. The molecule has 3 aromatic rings. The number of carbonyl (C=O) groups is 1. The third-order valence-electron chi connectivity index (χ3n) is 4.81. The Balaban J connectivity index is 1.91. The molecule has 1 aliphatic rings. The van der Waals surface area contributed by atoms with Crippen LogP contribution in [0.3, 0.4) is 0 Å². The van der Waals surface area contributed by atoms with E-state index in [1.165, 1.54) is 16.7 Å². The summed E-state index contributed by atoms with van der Waals surface area (Å²) in [5.41, 5.74) is 3.55. The van der Waals surface area contributed by atoms with Crippen LogP contribution in [0, 0.1) is 0 Å². The zero-order valence-corrected chi connectivity index (χ0v) is 14.8. The minimum absolute atomic E-state index is 0.0620. The van der Waals surface area contributed by atoms with Crippen molar-refractivity contribution in [3.05, 3.63) is 75.3 Å². The highest BCUT2D eigenvalue weighted by atomic mass is 16.5. The highest BCUT2D eigenvalue weighted by Crippen LogP contribution is 2.31. The van der Waals surface area contributed by atoms with Crippen molar-refractivity contribution < 1.29 is 14.6 Å². The van der Waals surface area contributed by atoms with Gasteiger partial charge in [-0.05, 0) is 49.1 Å². The number of nitrogens with zero attached hydrogens (tertiary/aromatic N) is 2. The summed E-state index contributed by atoms with van der Waals surface area (Å²) in [7, 11) is 1.63. The quantitative estimate of drug-likeness (QED) is 0.773. The first-order chi connectivity index (χ1) is 13.1. The molecule has 1 N–H and O–H groups in total. The number of hydrogen-bond acceptors (Lipinski definition) is 4. The van der Waals surface area contributed by atoms with E-state index < -0.39 is 5.97 Å². The van der Waals surface area contributed by atoms with Gasteiger partial charge < -0.3 is 9.84 Å². The molecule has 1 aromatic carbocycles. The highest BCUT2D eigenvalue weighted by Gasteiger charge is 2.21. The Hall–Kier alpha value is -3.41. The third-order valence-corrected chi connectivity index (χ3v) is 4.81. The average Bonchev–Trinajstić information content (AvgIpc) is 2.69. The van der Waals surface area contributed by atoms with Crippen molar-refractivity contribution in [3.8, 4) is 5.75 Å². The molecule has 0 spiro atoms. The van der Waals surface area contributed by atoms with Gasteiger partial charge in [-0.2, -0.15) is 0 Å². The minimum atomic E-state index is -1.07. The number of hydrogen-bond donors (Lipinski definition) is 1. The van der Waals surface area contributed by atoms with Crippen molar-refractivity contribution in [3.63, 3.8) is 0 Å². The Kier molecular flexibility index (Phi) is 4.24. The molecule has 136 valence electrons. The van der Waals surface area contributed by atoms with E-state index in [1.807, 2.05) is 30.3 Å². The average molecular weight is 362 g/mol. The largest absolute Gasteiger partial charge is 0.496 e. The summed E-state index contributed by atoms with van der Waals surface area (Å²) >= 11 is 0. The number of rotatable bonds is 3. The van der Waals surface area contributed by atoms with Gasteiger partial charge in [-0.1, -0.05) is 18.2 Å². The maximum atomic E-state index is 12.9. The van der Waals surface area contributed by atoms with Gasteiger partial charge in [-0.15, -0.1) is 0 Å². The fraction of sp³-hybridized carbons (Fsp3) is 0.190. The molecule has 0 atom stereocenters. The number of fused-ring (bicyclic) bond motifs is 2. The summed E-state index contributed by atoms with van der Waals surface area (Å²) in [6, 6.07) is 10.7. The summed E-state index contributed by atoms with van der Waals surface area (Å²) in [6.07, 6.45) is 5.65. The van der Waals surface area contributed by atoms with Crippen molar-refractivity contribution >= 4 is 23.3 Å². The first-order valence-corrected chi connectivity index (χ1v) is 8.71. The Morgan fingerprint density at radius 1 is 1.22 bits per heavy atom. The zero-order chi connectivity index (χ0) is 19.0. The third kappa shape index (κ3) is 2.99. The lowest BCUT2D eigenvalue weighted by Crippen LogP contribution is -2.25. The molecule has 0 bridgehead atoms. The van der Waals surface area contributed by atoms with Crippen molar-refractivity contribution in [2.75, 3.05) is 7.11 Å². The standard InChI is InChI=1S/C21H18N2O4/c1-27-17-8-3-2-5-13(17)11-14-6-4-7-16-19(14)22-18-10-9-15(21(25)26)12-23(18)20(16)24/h2-3,5,8-12H,4,6-7H2,1H3,(H,25,26). The van der Waals surface area contributed by atoms with E-state index >= 15 is 0 Å². The summed E-state index contributed by atoms with van der Waals surface area (Å²) in [4.78, 5) is 28.8. The fourth-order valence-corrected chi connectivity index (χ4v) is 3.48. The Bertz CT molecular complexity index is 1140. The molecule has 0 saturated heterocycles. The number of benzene rings is 1. The fourth-order valence-electron chi connectivity index (χ4n) is 3.48. The SMILES string of the molecule is COc1ccccc1C=C1CCCc2c1nc1ccc(C(=O)O)cn1c2=O. The van der Waals surface area contributed by atoms with E-state index in [0.29, 0.717) is 23.3 Å². The molecule has 4 rings (SSSR count). The lowest BCUT2D eigenvalue weighted by Gasteiger charge is -2.19. The van der Waals surface area contributed by atoms with Crippen molar-refractivity contribution in [2.24, 2.45) is 0 Å². The van der Waals surface area contributed by atoms with Crippen LogP contribution in [0.25, 0.3) is 17.3 Å². The molecule has 6 heteroatoms. The topological polar surface area (TPSA) is 80.9 Å². The van der Waals surface area contributed by atoms with Crippen LogP contribution in [-0.2, 0) is 6.42 Å². The van der Waals surface area contributed by atoms with Crippen molar-refractivity contribution in [1.82, 2.24) is 9.38 Å². The molecule has 2 aromatic heterocycles. The van der Waals surface area contributed by atoms with Crippen LogP contribution in [0.5, 0.6) is 5.75 Å². The Morgan fingerprint density at radius 2 is 2.04 bits per heavy atom. The number of ether oxygens (including phenoxy) is 1. The van der Waals surface area contributed by atoms with Crippen LogP contribution in [0.15, 0.2) is 47.4 Å². The number of carboxylic acids is 1. The van der Waals surface area contributed by atoms with Crippen LogP contribution < -0.4 is 10.3 Å². The smallest absolute Gasteiger partial charge is 0.337 e. The van der Waals surface area contributed by atoms with Gasteiger partial charge in [0.15, 0.2) is 0 Å². The number of aromatic carboxylic acids is 1. The first-order valence-electron chi connectivity index (χ1n) is 8.71. The number of methoxy groups -OCH3 is 1. The van der Waals surface area contributed by atoms with E-state index in [2.05, 4.69) is 4.98 Å². The number of aromatic nitrogens is 2. The van der Waals surface area contributed by atoms with Crippen LogP contribution in [0.4, 0.5) is 0 Å². The molecule has 0 radical (unpaired) electrons. The lowest BCUT2D eigenvalue weighted by molar-refractivity contribution is 0.0696. The number of carboxylic acid groups (broad SMARTS) is 1. The van der Waals surface area contributed by atoms with E-state index in [0.717, 1.165) is 29.7 Å². The second-order valence-electron chi connectivity index (χ2n) is 6.46. The Labute approximate surface area is 155 Å². The molecule has 6 nitrogen and oxygen atoms in total. The zero-order valence-electron chi connectivity index (χ0n) is 14.8. The van der Waals surface area contributed by atoms with Crippen LogP contribution >= 0.6 is 0 Å². The Morgan fingerprint density at radius 3 is 2.81 bits per heavy atom. The normalized spacial score (nSPS) is 14.9. The van der Waals surface area contributed by atoms with Crippen LogP contribution in [0.1, 0.15) is 40.0 Å². The van der Waals surface area contributed by atoms with E-state index in [4.69, 9.17) is 4.74 Å². The van der Waals surface area contributed by atoms with Crippen LogP contribution in [0.2, 0.25) is 0 Å². The van der Waals surface area contributed by atoms with Gasteiger partial charge in [-0.25, -0.2) is 9.78 Å².